The third-order valence-electron chi connectivity index (χ3n) is 3.66. The number of nitrogens with zero attached hydrogens (tertiary/aromatic N) is 2. The molecule has 3 rings (SSSR count). The molecule has 26 heavy (non-hydrogen) atoms. The molecule has 3 aromatic rings. The highest BCUT2D eigenvalue weighted by atomic mass is 16.5. The van der Waals surface area contributed by atoms with E-state index in [1.165, 1.54) is 5.56 Å². The van der Waals surface area contributed by atoms with Gasteiger partial charge >= 0.3 is 0 Å². The zero-order chi connectivity index (χ0) is 18.2. The summed E-state index contributed by atoms with van der Waals surface area (Å²) in [5.74, 6) is 2.90. The van der Waals surface area contributed by atoms with E-state index in [0.29, 0.717) is 19.1 Å². The number of rotatable bonds is 8. The van der Waals surface area contributed by atoms with Gasteiger partial charge in [-0.05, 0) is 55.0 Å². The Morgan fingerprint density at radius 1 is 1.00 bits per heavy atom. The van der Waals surface area contributed by atoms with Crippen LogP contribution in [0.25, 0.3) is 0 Å². The maximum Gasteiger partial charge on any atom is 0.224 e. The van der Waals surface area contributed by atoms with Gasteiger partial charge in [-0.1, -0.05) is 12.1 Å². The van der Waals surface area contributed by atoms with Gasteiger partial charge in [-0.15, -0.1) is 0 Å². The van der Waals surface area contributed by atoms with E-state index in [1.54, 1.807) is 13.3 Å². The Morgan fingerprint density at radius 3 is 2.58 bits per heavy atom. The van der Waals surface area contributed by atoms with Gasteiger partial charge in [-0.3, -0.25) is 0 Å². The van der Waals surface area contributed by atoms with Crippen LogP contribution in [0, 0.1) is 6.92 Å². The van der Waals surface area contributed by atoms with Crippen LogP contribution < -0.4 is 20.1 Å². The van der Waals surface area contributed by atoms with Crippen LogP contribution in [0.1, 0.15) is 5.56 Å². The maximum atomic E-state index is 5.68. The number of methoxy groups -OCH3 is 1. The fraction of sp³-hybridized carbons (Fsp3) is 0.200. The van der Waals surface area contributed by atoms with Crippen LogP contribution >= 0.6 is 0 Å². The van der Waals surface area contributed by atoms with E-state index >= 15 is 0 Å². The van der Waals surface area contributed by atoms with E-state index < -0.39 is 0 Å². The summed E-state index contributed by atoms with van der Waals surface area (Å²) in [6.07, 6.45) is 1.72. The molecule has 6 nitrogen and oxygen atoms in total. The Kier molecular flexibility index (Phi) is 5.88. The number of ether oxygens (including phenoxy) is 2. The number of benzene rings is 2. The lowest BCUT2D eigenvalue weighted by Gasteiger charge is -2.10. The molecule has 0 aliphatic carbocycles. The molecule has 2 aromatic carbocycles. The van der Waals surface area contributed by atoms with Gasteiger partial charge in [0.05, 0.1) is 13.7 Å². The number of anilines is 3. The minimum Gasteiger partial charge on any atom is -0.497 e. The molecule has 0 saturated carbocycles. The van der Waals surface area contributed by atoms with Crippen LogP contribution in [0.3, 0.4) is 0 Å². The molecule has 2 N–H and O–H groups in total. The summed E-state index contributed by atoms with van der Waals surface area (Å²) in [7, 11) is 1.64. The highest BCUT2D eigenvalue weighted by Gasteiger charge is 2.01. The highest BCUT2D eigenvalue weighted by Crippen LogP contribution is 2.17. The van der Waals surface area contributed by atoms with E-state index in [9.17, 15) is 0 Å². The molecular formula is C20H22N4O2. The van der Waals surface area contributed by atoms with Crippen molar-refractivity contribution >= 4 is 17.5 Å². The van der Waals surface area contributed by atoms with Gasteiger partial charge < -0.3 is 20.1 Å². The SMILES string of the molecule is COc1ccc(OCCNc2nccc(Nc3cccc(C)c3)n2)cc1. The second-order valence-electron chi connectivity index (χ2n) is 5.71. The van der Waals surface area contributed by atoms with E-state index in [1.807, 2.05) is 42.5 Å². The summed E-state index contributed by atoms with van der Waals surface area (Å²) in [5.41, 5.74) is 2.19. The van der Waals surface area contributed by atoms with Crippen molar-refractivity contribution in [1.29, 1.82) is 0 Å². The van der Waals surface area contributed by atoms with Crippen molar-refractivity contribution in [3.05, 3.63) is 66.4 Å². The summed E-state index contributed by atoms with van der Waals surface area (Å²) in [6, 6.07) is 17.5. The molecule has 0 amide bonds. The van der Waals surface area contributed by atoms with E-state index in [-0.39, 0.29) is 0 Å². The van der Waals surface area contributed by atoms with Gasteiger partial charge in [0, 0.05) is 11.9 Å². The molecule has 6 heteroatoms. The summed E-state index contributed by atoms with van der Waals surface area (Å²) < 4.78 is 10.8. The average molecular weight is 350 g/mol. The summed E-state index contributed by atoms with van der Waals surface area (Å²) in [4.78, 5) is 8.69. The lowest BCUT2D eigenvalue weighted by Crippen LogP contribution is -2.13. The Hall–Kier alpha value is -3.28. The van der Waals surface area contributed by atoms with Gasteiger partial charge in [0.1, 0.15) is 23.9 Å². The third-order valence-corrected chi connectivity index (χ3v) is 3.66. The molecule has 1 aromatic heterocycles. The second-order valence-corrected chi connectivity index (χ2v) is 5.71. The maximum absolute atomic E-state index is 5.68. The van der Waals surface area contributed by atoms with Crippen molar-refractivity contribution in [2.24, 2.45) is 0 Å². The number of hydrogen-bond acceptors (Lipinski definition) is 6. The third kappa shape index (κ3) is 5.11. The summed E-state index contributed by atoms with van der Waals surface area (Å²) >= 11 is 0. The smallest absolute Gasteiger partial charge is 0.224 e. The van der Waals surface area contributed by atoms with Gasteiger partial charge in [0.15, 0.2) is 0 Å². The first kappa shape index (κ1) is 17.5. The van der Waals surface area contributed by atoms with Crippen LogP contribution in [0.4, 0.5) is 17.5 Å². The minimum absolute atomic E-state index is 0.505. The Labute approximate surface area is 153 Å². The zero-order valence-electron chi connectivity index (χ0n) is 14.9. The Morgan fingerprint density at radius 2 is 1.81 bits per heavy atom. The molecule has 1 heterocycles. The summed E-state index contributed by atoms with van der Waals surface area (Å²) in [6.45, 7) is 3.16. The van der Waals surface area contributed by atoms with E-state index in [2.05, 4.69) is 39.7 Å². The molecule has 0 aliphatic rings. The predicted molar refractivity (Wildman–Crippen MR) is 103 cm³/mol. The Balaban J connectivity index is 1.49. The lowest BCUT2D eigenvalue weighted by atomic mass is 10.2. The second kappa shape index (κ2) is 8.71. The molecule has 0 atom stereocenters. The van der Waals surface area contributed by atoms with Crippen LogP contribution in [0.2, 0.25) is 0 Å². The normalized spacial score (nSPS) is 10.2. The van der Waals surface area contributed by atoms with Crippen LogP contribution in [-0.2, 0) is 0 Å². The van der Waals surface area contributed by atoms with Gasteiger partial charge in [0.2, 0.25) is 5.95 Å². The molecule has 0 fully saturated rings. The fourth-order valence-corrected chi connectivity index (χ4v) is 2.39. The molecule has 0 unspecified atom stereocenters. The van der Waals surface area contributed by atoms with E-state index in [0.717, 1.165) is 23.0 Å². The molecule has 134 valence electrons. The van der Waals surface area contributed by atoms with Crippen molar-refractivity contribution < 1.29 is 9.47 Å². The number of hydrogen-bond donors (Lipinski definition) is 2. The molecule has 0 saturated heterocycles. The summed E-state index contributed by atoms with van der Waals surface area (Å²) in [5, 5.41) is 6.44. The number of aromatic nitrogens is 2. The van der Waals surface area contributed by atoms with Crippen LogP contribution in [0.15, 0.2) is 60.8 Å². The Bertz CT molecular complexity index is 837. The van der Waals surface area contributed by atoms with Crippen molar-refractivity contribution in [3.63, 3.8) is 0 Å². The fourth-order valence-electron chi connectivity index (χ4n) is 2.39. The van der Waals surface area contributed by atoms with E-state index in [4.69, 9.17) is 9.47 Å². The van der Waals surface area contributed by atoms with Crippen LogP contribution in [-0.4, -0.2) is 30.2 Å². The van der Waals surface area contributed by atoms with Gasteiger partial charge in [-0.25, -0.2) is 4.98 Å². The highest BCUT2D eigenvalue weighted by molar-refractivity contribution is 5.57. The largest absolute Gasteiger partial charge is 0.497 e. The molecule has 0 aliphatic heterocycles. The molecular weight excluding hydrogens is 328 g/mol. The number of nitrogens with one attached hydrogen (secondary N) is 2. The van der Waals surface area contributed by atoms with Crippen molar-refractivity contribution in [1.82, 2.24) is 9.97 Å². The zero-order valence-corrected chi connectivity index (χ0v) is 14.9. The molecule has 0 radical (unpaired) electrons. The molecule has 0 spiro atoms. The van der Waals surface area contributed by atoms with Crippen molar-refractivity contribution in [2.45, 2.75) is 6.92 Å². The first-order valence-electron chi connectivity index (χ1n) is 8.40. The van der Waals surface area contributed by atoms with Crippen LogP contribution in [0.5, 0.6) is 11.5 Å². The monoisotopic (exact) mass is 350 g/mol. The quantitative estimate of drug-likeness (QED) is 0.598. The standard InChI is InChI=1S/C20H22N4O2/c1-15-4-3-5-16(14-15)23-19-10-11-21-20(24-19)22-12-13-26-18-8-6-17(25-2)7-9-18/h3-11,14H,12-13H2,1-2H3,(H2,21,22,23,24). The minimum atomic E-state index is 0.505. The predicted octanol–water partition coefficient (Wildman–Crippen LogP) is 4.03. The van der Waals surface area contributed by atoms with Gasteiger partial charge in [-0.2, -0.15) is 4.98 Å². The van der Waals surface area contributed by atoms with Crippen molar-refractivity contribution in [2.75, 3.05) is 30.9 Å². The van der Waals surface area contributed by atoms with Gasteiger partial charge in [0.25, 0.3) is 0 Å². The molecule has 0 bridgehead atoms. The van der Waals surface area contributed by atoms with Crippen molar-refractivity contribution in [3.8, 4) is 11.5 Å². The first-order valence-corrected chi connectivity index (χ1v) is 8.40. The first-order chi connectivity index (χ1) is 12.7. The average Bonchev–Trinajstić information content (AvgIpc) is 2.66. The topological polar surface area (TPSA) is 68.3 Å². The lowest BCUT2D eigenvalue weighted by molar-refractivity contribution is 0.331. The number of aryl methyl sites for hydroxylation is 1.